The summed E-state index contributed by atoms with van der Waals surface area (Å²) < 4.78 is 20.7. The van der Waals surface area contributed by atoms with Crippen LogP contribution in [0.2, 0.25) is 0 Å². The molecule has 136 valence electrons. The summed E-state index contributed by atoms with van der Waals surface area (Å²) in [5.74, 6) is -0.615. The molecule has 0 saturated carbocycles. The summed E-state index contributed by atoms with van der Waals surface area (Å²) in [5.41, 5.74) is -0.257. The average molecular weight is 367 g/mol. The minimum absolute atomic E-state index is 0.0721. The van der Waals surface area contributed by atoms with Crippen molar-refractivity contribution in [2.24, 2.45) is 0 Å². The maximum Gasteiger partial charge on any atom is 0.369 e. The van der Waals surface area contributed by atoms with Crippen molar-refractivity contribution in [1.29, 1.82) is 5.26 Å². The highest BCUT2D eigenvalue weighted by atomic mass is 19.1. The Morgan fingerprint density at radius 2 is 1.93 bits per heavy atom. The van der Waals surface area contributed by atoms with Gasteiger partial charge in [-0.05, 0) is 12.1 Å². The molecule has 0 N–H and O–H groups in total. The molecule has 0 amide bonds. The Morgan fingerprint density at radius 1 is 1.19 bits per heavy atom. The van der Waals surface area contributed by atoms with Gasteiger partial charge >= 0.3 is 11.4 Å². The van der Waals surface area contributed by atoms with Gasteiger partial charge in [0.05, 0.1) is 30.5 Å². The van der Waals surface area contributed by atoms with Crippen molar-refractivity contribution in [1.82, 2.24) is 4.98 Å². The highest BCUT2D eigenvalue weighted by Crippen LogP contribution is 2.26. The van der Waals surface area contributed by atoms with E-state index in [2.05, 4.69) is 4.98 Å². The van der Waals surface area contributed by atoms with Crippen LogP contribution >= 0.6 is 0 Å². The number of ether oxygens (including phenoxy) is 1. The normalized spacial score (nSPS) is 14.3. The molecular weight excluding hydrogens is 353 g/mol. The molecule has 9 heteroatoms. The molecule has 1 saturated heterocycles. The quantitative estimate of drug-likeness (QED) is 0.495. The smallest absolute Gasteiger partial charge is 0.369 e. The topological polar surface area (TPSA) is 103 Å². The lowest BCUT2D eigenvalue weighted by molar-refractivity contribution is -0.622. The van der Waals surface area contributed by atoms with E-state index in [0.29, 0.717) is 41.3 Å². The van der Waals surface area contributed by atoms with Gasteiger partial charge in [0.15, 0.2) is 11.9 Å². The minimum atomic E-state index is -0.615. The Balaban J connectivity index is 1.99. The van der Waals surface area contributed by atoms with E-state index in [1.165, 1.54) is 18.5 Å². The first-order valence-corrected chi connectivity index (χ1v) is 8.27. The van der Waals surface area contributed by atoms with Crippen LogP contribution in [0.1, 0.15) is 5.69 Å². The maximum atomic E-state index is 14.7. The van der Waals surface area contributed by atoms with Crippen molar-refractivity contribution in [3.63, 3.8) is 0 Å². The molecular formula is C18H14FN5O3. The fourth-order valence-corrected chi connectivity index (χ4v) is 3.20. The zero-order chi connectivity index (χ0) is 19.0. The fourth-order valence-electron chi connectivity index (χ4n) is 3.20. The summed E-state index contributed by atoms with van der Waals surface area (Å²) in [5, 5.41) is 35.2. The number of benzene rings is 1. The molecule has 1 aliphatic rings. The van der Waals surface area contributed by atoms with E-state index in [-0.39, 0.29) is 28.1 Å². The van der Waals surface area contributed by atoms with E-state index >= 15 is 0 Å². The van der Waals surface area contributed by atoms with E-state index in [9.17, 15) is 20.1 Å². The van der Waals surface area contributed by atoms with Crippen LogP contribution in [0.25, 0.3) is 22.3 Å². The van der Waals surface area contributed by atoms with E-state index in [1.54, 1.807) is 23.1 Å². The third kappa shape index (κ3) is 2.76. The first-order valence-electron chi connectivity index (χ1n) is 8.27. The van der Waals surface area contributed by atoms with E-state index < -0.39 is 5.82 Å². The van der Waals surface area contributed by atoms with Crippen LogP contribution in [0, 0.1) is 27.6 Å². The third-order valence-electron chi connectivity index (χ3n) is 4.50. The van der Waals surface area contributed by atoms with Gasteiger partial charge in [0.1, 0.15) is 0 Å². The van der Waals surface area contributed by atoms with Gasteiger partial charge in [-0.1, -0.05) is 0 Å². The van der Waals surface area contributed by atoms with Crippen LogP contribution in [0.4, 0.5) is 10.1 Å². The molecule has 4 rings (SSSR count). The Labute approximate surface area is 153 Å². The van der Waals surface area contributed by atoms with Crippen LogP contribution in [-0.2, 0) is 4.74 Å². The molecule has 1 aromatic carbocycles. The number of pyridine rings is 1. The average Bonchev–Trinajstić information content (AvgIpc) is 2.71. The van der Waals surface area contributed by atoms with Crippen LogP contribution in [0.3, 0.4) is 0 Å². The van der Waals surface area contributed by atoms with Crippen molar-refractivity contribution in [2.45, 2.75) is 0 Å². The molecule has 8 nitrogen and oxygen atoms in total. The zero-order valence-corrected chi connectivity index (χ0v) is 14.1. The predicted molar refractivity (Wildman–Crippen MR) is 92.8 cm³/mol. The van der Waals surface area contributed by atoms with Crippen LogP contribution in [0.15, 0.2) is 36.7 Å². The first kappa shape index (κ1) is 16.9. The molecule has 0 aliphatic carbocycles. The minimum Gasteiger partial charge on any atom is -0.617 e. The molecule has 0 unspecified atom stereocenters. The van der Waals surface area contributed by atoms with Crippen molar-refractivity contribution in [3.8, 4) is 17.3 Å². The summed E-state index contributed by atoms with van der Waals surface area (Å²) in [6.45, 7) is 1.83. The summed E-state index contributed by atoms with van der Waals surface area (Å²) in [6, 6.07) is 7.26. The summed E-state index contributed by atoms with van der Waals surface area (Å²) in [6.07, 6.45) is 2.88. The van der Waals surface area contributed by atoms with Gasteiger partial charge in [0.25, 0.3) is 11.0 Å². The van der Waals surface area contributed by atoms with Crippen LogP contribution in [0.5, 0.6) is 0 Å². The standard InChI is InChI=1S/C18H14FN5O3/c19-13-8-15-16(9-14(13)22-4-6-27-7-5-22)23(25)17(10-20)18(24(15)26)12-2-1-3-21-11-12/h1-3,8-9,11H,4-7H2. The number of nitrogens with zero attached hydrogens (tertiary/aromatic N) is 5. The van der Waals surface area contributed by atoms with E-state index in [4.69, 9.17) is 4.74 Å². The lowest BCUT2D eigenvalue weighted by atomic mass is 10.1. The number of nitriles is 1. The molecule has 0 atom stereocenters. The molecule has 1 aliphatic heterocycles. The Bertz CT molecular complexity index is 1060. The molecule has 27 heavy (non-hydrogen) atoms. The number of halogens is 1. The Kier molecular flexibility index (Phi) is 4.18. The highest BCUT2D eigenvalue weighted by molar-refractivity contribution is 5.76. The lowest BCUT2D eigenvalue weighted by Gasteiger charge is -2.28. The highest BCUT2D eigenvalue weighted by Gasteiger charge is 2.31. The summed E-state index contributed by atoms with van der Waals surface area (Å²) >= 11 is 0. The molecule has 1 fully saturated rings. The van der Waals surface area contributed by atoms with E-state index in [0.717, 1.165) is 6.07 Å². The van der Waals surface area contributed by atoms with Crippen molar-refractivity contribution < 1.29 is 18.6 Å². The fraction of sp³-hybridized carbons (Fsp3) is 0.222. The van der Waals surface area contributed by atoms with Gasteiger partial charge in [-0.15, -0.1) is 4.73 Å². The number of hydrogen-bond acceptors (Lipinski definition) is 6. The second kappa shape index (κ2) is 6.66. The first-order chi connectivity index (χ1) is 13.1. The van der Waals surface area contributed by atoms with Gasteiger partial charge in [-0.3, -0.25) is 4.98 Å². The van der Waals surface area contributed by atoms with Gasteiger partial charge in [-0.25, -0.2) is 4.39 Å². The van der Waals surface area contributed by atoms with Crippen LogP contribution in [-0.4, -0.2) is 31.3 Å². The Hall–Kier alpha value is -3.51. The number of aromatic nitrogens is 3. The largest absolute Gasteiger partial charge is 0.617 e. The zero-order valence-electron chi connectivity index (χ0n) is 14.1. The monoisotopic (exact) mass is 367 g/mol. The predicted octanol–water partition coefficient (Wildman–Crippen LogP) is 1.02. The number of fused-ring (bicyclic) bond motifs is 1. The number of morpholine rings is 1. The molecule has 3 aromatic rings. The number of rotatable bonds is 2. The van der Waals surface area contributed by atoms with Gasteiger partial charge in [0.2, 0.25) is 0 Å². The second-order valence-electron chi connectivity index (χ2n) is 6.03. The number of hydrogen-bond donors (Lipinski definition) is 0. The SMILES string of the molecule is N#Cc1c(-c2cccnc2)[n+]([O-])c2cc(F)c(N3CCOCC3)cc2[n+]1[O-]. The van der Waals surface area contributed by atoms with E-state index in [1.807, 2.05) is 0 Å². The Morgan fingerprint density at radius 3 is 2.59 bits per heavy atom. The third-order valence-corrected chi connectivity index (χ3v) is 4.50. The summed E-state index contributed by atoms with van der Waals surface area (Å²) in [4.78, 5) is 5.66. The van der Waals surface area contributed by atoms with Gasteiger partial charge in [0, 0.05) is 31.5 Å². The molecule has 0 bridgehead atoms. The van der Waals surface area contributed by atoms with Crippen molar-refractivity contribution in [3.05, 3.63) is 58.6 Å². The molecule has 0 radical (unpaired) electrons. The summed E-state index contributed by atoms with van der Waals surface area (Å²) in [7, 11) is 0. The molecule has 2 aromatic heterocycles. The van der Waals surface area contributed by atoms with Crippen molar-refractivity contribution >= 4 is 16.7 Å². The van der Waals surface area contributed by atoms with Gasteiger partial charge in [-0.2, -0.15) is 9.99 Å². The maximum absolute atomic E-state index is 14.7. The van der Waals surface area contributed by atoms with Crippen LogP contribution < -0.4 is 14.4 Å². The molecule has 0 spiro atoms. The molecule has 3 heterocycles. The van der Waals surface area contributed by atoms with Gasteiger partial charge < -0.3 is 20.1 Å². The second-order valence-corrected chi connectivity index (χ2v) is 6.03. The number of anilines is 1. The van der Waals surface area contributed by atoms with Crippen molar-refractivity contribution in [2.75, 3.05) is 31.2 Å². The lowest BCUT2D eigenvalue weighted by Crippen LogP contribution is -2.44.